The maximum absolute atomic E-state index is 11.6. The molecule has 1 aromatic rings. The van der Waals surface area contributed by atoms with E-state index in [0.717, 1.165) is 0 Å². The number of sulfonamides is 1. The van der Waals surface area contributed by atoms with Crippen LogP contribution in [-0.4, -0.2) is 40.3 Å². The summed E-state index contributed by atoms with van der Waals surface area (Å²) in [5.41, 5.74) is -0.662. The highest BCUT2D eigenvalue weighted by Gasteiger charge is 2.42. The molecule has 0 bridgehead atoms. The molecule has 0 fully saturated rings. The topological polar surface area (TPSA) is 172 Å². The van der Waals surface area contributed by atoms with E-state index >= 15 is 0 Å². The van der Waals surface area contributed by atoms with Gasteiger partial charge >= 0.3 is 0 Å². The number of fused-ring (bicyclic) bond motifs is 1. The van der Waals surface area contributed by atoms with Crippen molar-refractivity contribution in [2.45, 2.75) is 14.7 Å². The molecule has 1 aliphatic rings. The van der Waals surface area contributed by atoms with Crippen LogP contribution < -0.4 is 4.72 Å². The lowest BCUT2D eigenvalue weighted by molar-refractivity contribution is 0.0984. The van der Waals surface area contributed by atoms with E-state index in [9.17, 15) is 30.0 Å². The molecule has 0 aromatic heterocycles. The number of hydrogen-bond donors (Lipinski definition) is 3. The van der Waals surface area contributed by atoms with Crippen LogP contribution in [0.15, 0.2) is 26.8 Å². The monoisotopic (exact) mass is 343 g/mol. The lowest BCUT2D eigenvalue weighted by atomic mass is 10.2. The molecule has 0 saturated heterocycles. The fourth-order valence-electron chi connectivity index (χ4n) is 1.67. The average molecular weight is 343 g/mol. The molecule has 2 rings (SSSR count). The molecule has 13 heteroatoms. The average Bonchev–Trinajstić information content (AvgIpc) is 2.46. The van der Waals surface area contributed by atoms with E-state index in [1.54, 1.807) is 0 Å². The van der Waals surface area contributed by atoms with Crippen LogP contribution in [0.1, 0.15) is 10.4 Å². The summed E-state index contributed by atoms with van der Waals surface area (Å²) in [6, 6.07) is 1.20. The molecule has 0 unspecified atom stereocenters. The molecule has 110 valence electrons. The Balaban J connectivity index is 3.14. The van der Waals surface area contributed by atoms with Crippen LogP contribution in [0.4, 0.5) is 0 Å². The van der Waals surface area contributed by atoms with Crippen LogP contribution in [0, 0.1) is 0 Å². The first-order chi connectivity index (χ1) is 8.86. The number of benzene rings is 1. The van der Waals surface area contributed by atoms with Crippen LogP contribution in [0.25, 0.3) is 0 Å². The van der Waals surface area contributed by atoms with Crippen molar-refractivity contribution in [3.63, 3.8) is 0 Å². The van der Waals surface area contributed by atoms with Crippen molar-refractivity contribution in [3.05, 3.63) is 17.7 Å². The molecular formula is C7H5NO9S3. The van der Waals surface area contributed by atoms with Gasteiger partial charge in [0.05, 0.1) is 5.56 Å². The van der Waals surface area contributed by atoms with Crippen LogP contribution in [0.3, 0.4) is 0 Å². The molecule has 0 atom stereocenters. The van der Waals surface area contributed by atoms with Crippen LogP contribution in [0.2, 0.25) is 0 Å². The van der Waals surface area contributed by atoms with Gasteiger partial charge in [-0.05, 0) is 12.1 Å². The Morgan fingerprint density at radius 2 is 1.55 bits per heavy atom. The molecule has 3 N–H and O–H groups in total. The molecule has 1 amide bonds. The zero-order valence-electron chi connectivity index (χ0n) is 9.13. The Kier molecular flexibility index (Phi) is 2.96. The van der Waals surface area contributed by atoms with Gasteiger partial charge in [0.2, 0.25) is 0 Å². The standard InChI is InChI=1S/C7H5NO9S3/c9-7-3-1-2-4(19(12,13)14)6(20(15,16)17)5(3)18(10,11)8-7/h1-2H,(H,8,9)(H,12,13,14)(H,15,16,17). The number of hydrogen-bond acceptors (Lipinski definition) is 7. The number of carbonyl (C=O) groups is 1. The predicted molar refractivity (Wildman–Crippen MR) is 60.7 cm³/mol. The maximum atomic E-state index is 11.6. The van der Waals surface area contributed by atoms with Crippen molar-refractivity contribution >= 4 is 36.2 Å². The molecule has 0 spiro atoms. The van der Waals surface area contributed by atoms with Gasteiger partial charge in [0, 0.05) is 0 Å². The zero-order chi connectivity index (χ0) is 15.5. The van der Waals surface area contributed by atoms with Gasteiger partial charge in [0.1, 0.15) is 14.7 Å². The summed E-state index contributed by atoms with van der Waals surface area (Å²) in [7, 11) is -15.2. The Morgan fingerprint density at radius 1 is 1.00 bits per heavy atom. The highest BCUT2D eigenvalue weighted by atomic mass is 32.2. The molecule has 0 aliphatic carbocycles. The minimum Gasteiger partial charge on any atom is -0.282 e. The van der Waals surface area contributed by atoms with Gasteiger partial charge in [0.15, 0.2) is 0 Å². The van der Waals surface area contributed by atoms with E-state index in [4.69, 9.17) is 9.11 Å². The first-order valence-corrected chi connectivity index (χ1v) is 8.91. The van der Waals surface area contributed by atoms with E-state index in [2.05, 4.69) is 0 Å². The van der Waals surface area contributed by atoms with Crippen molar-refractivity contribution in [1.82, 2.24) is 4.72 Å². The Labute approximate surface area is 113 Å². The fourth-order valence-corrected chi connectivity index (χ4v) is 5.51. The first kappa shape index (κ1) is 14.9. The normalized spacial score (nSPS) is 17.6. The number of rotatable bonds is 2. The lowest BCUT2D eigenvalue weighted by Crippen LogP contribution is -2.21. The second kappa shape index (κ2) is 3.98. The van der Waals surface area contributed by atoms with Crippen LogP contribution in [-0.2, 0) is 30.3 Å². The Bertz CT molecular complexity index is 940. The molecule has 1 aromatic carbocycles. The van der Waals surface area contributed by atoms with Crippen molar-refractivity contribution in [2.75, 3.05) is 0 Å². The van der Waals surface area contributed by atoms with E-state index < -0.39 is 56.4 Å². The van der Waals surface area contributed by atoms with Crippen molar-refractivity contribution in [2.24, 2.45) is 0 Å². The summed E-state index contributed by atoms with van der Waals surface area (Å²) >= 11 is 0. The highest BCUT2D eigenvalue weighted by molar-refractivity contribution is 7.92. The van der Waals surface area contributed by atoms with E-state index in [1.165, 1.54) is 4.72 Å². The van der Waals surface area contributed by atoms with Crippen molar-refractivity contribution in [1.29, 1.82) is 0 Å². The van der Waals surface area contributed by atoms with E-state index in [0.29, 0.717) is 12.1 Å². The zero-order valence-corrected chi connectivity index (χ0v) is 11.6. The van der Waals surface area contributed by atoms with Crippen molar-refractivity contribution in [3.8, 4) is 0 Å². The van der Waals surface area contributed by atoms with E-state index in [1.807, 2.05) is 0 Å². The van der Waals surface area contributed by atoms with Crippen molar-refractivity contribution < 1.29 is 39.2 Å². The Morgan fingerprint density at radius 3 is 2.00 bits per heavy atom. The van der Waals surface area contributed by atoms with Gasteiger partial charge in [-0.15, -0.1) is 0 Å². The van der Waals surface area contributed by atoms with Gasteiger partial charge < -0.3 is 0 Å². The van der Waals surface area contributed by atoms with Crippen LogP contribution in [0.5, 0.6) is 0 Å². The molecule has 1 aliphatic heterocycles. The summed E-state index contributed by atoms with van der Waals surface area (Å²) in [6.45, 7) is 0. The maximum Gasteiger partial charge on any atom is 0.297 e. The molecule has 0 saturated carbocycles. The minimum atomic E-state index is -5.35. The summed E-state index contributed by atoms with van der Waals surface area (Å²) < 4.78 is 87.2. The first-order valence-electron chi connectivity index (χ1n) is 4.55. The highest BCUT2D eigenvalue weighted by Crippen LogP contribution is 2.34. The second-order valence-corrected chi connectivity index (χ2v) is 8.02. The van der Waals surface area contributed by atoms with Crippen LogP contribution >= 0.6 is 0 Å². The van der Waals surface area contributed by atoms with E-state index in [-0.39, 0.29) is 0 Å². The number of amides is 1. The Hall–Kier alpha value is -1.54. The van der Waals surface area contributed by atoms with Gasteiger partial charge in [-0.2, -0.15) is 16.8 Å². The SMILES string of the molecule is O=C1NS(=O)(=O)c2c1ccc(S(=O)(=O)O)c2S(=O)(=O)O. The largest absolute Gasteiger partial charge is 0.297 e. The van der Waals surface area contributed by atoms with Gasteiger partial charge in [-0.3, -0.25) is 13.9 Å². The summed E-state index contributed by atoms with van der Waals surface area (Å²) in [5.74, 6) is -1.19. The molecule has 1 heterocycles. The smallest absolute Gasteiger partial charge is 0.282 e. The minimum absolute atomic E-state index is 0.498. The quantitative estimate of drug-likeness (QED) is 0.546. The van der Waals surface area contributed by atoms with Gasteiger partial charge in [0.25, 0.3) is 36.2 Å². The molecule has 20 heavy (non-hydrogen) atoms. The number of carbonyl (C=O) groups excluding carboxylic acids is 1. The predicted octanol–water partition coefficient (Wildman–Crippen LogP) is -1.39. The van der Waals surface area contributed by atoms with Gasteiger partial charge in [-0.1, -0.05) is 0 Å². The molecule has 10 nitrogen and oxygen atoms in total. The summed E-state index contributed by atoms with van der Waals surface area (Å²) in [5, 5.41) is 0. The third-order valence-electron chi connectivity index (χ3n) is 2.35. The fraction of sp³-hybridized carbons (Fsp3) is 0. The third-order valence-corrected chi connectivity index (χ3v) is 5.86. The second-order valence-electron chi connectivity index (χ2n) is 3.65. The lowest BCUT2D eigenvalue weighted by Gasteiger charge is -2.07. The molecule has 0 radical (unpaired) electrons. The molecular weight excluding hydrogens is 338 g/mol. The third kappa shape index (κ3) is 2.18. The summed E-state index contributed by atoms with van der Waals surface area (Å²) in [6.07, 6.45) is 0. The van der Waals surface area contributed by atoms with Gasteiger partial charge in [-0.25, -0.2) is 13.1 Å². The summed E-state index contributed by atoms with van der Waals surface area (Å²) in [4.78, 5) is 7.20. The number of nitrogens with one attached hydrogen (secondary N) is 1.